The van der Waals surface area contributed by atoms with Crippen LogP contribution in [-0.4, -0.2) is 43.2 Å². The molecule has 5 heteroatoms. The normalized spacial score (nSPS) is 19.5. The van der Waals surface area contributed by atoms with Gasteiger partial charge in [0.15, 0.2) is 5.76 Å². The summed E-state index contributed by atoms with van der Waals surface area (Å²) in [4.78, 5) is 14.2. The van der Waals surface area contributed by atoms with E-state index < -0.39 is 0 Å². The van der Waals surface area contributed by atoms with Crippen LogP contribution in [0.15, 0.2) is 28.7 Å². The molecule has 0 spiro atoms. The molecule has 2 heterocycles. The summed E-state index contributed by atoms with van der Waals surface area (Å²) >= 11 is 0. The largest absolute Gasteiger partial charge is 0.451 e. The number of hydrogen-bond acceptors (Lipinski definition) is 4. The van der Waals surface area contributed by atoms with Gasteiger partial charge >= 0.3 is 0 Å². The monoisotopic (exact) mass is 274 g/mol. The Labute approximate surface area is 117 Å². The second-order valence-electron chi connectivity index (χ2n) is 5.13. The number of ether oxygens (including phenoxy) is 1. The zero-order chi connectivity index (χ0) is 14.1. The molecule has 2 aromatic rings. The maximum atomic E-state index is 12.5. The highest BCUT2D eigenvalue weighted by atomic mass is 16.5. The first-order valence-electron chi connectivity index (χ1n) is 6.78. The number of nitrogens with two attached hydrogens (primary N) is 1. The lowest BCUT2D eigenvalue weighted by Gasteiger charge is -2.31. The molecule has 0 bridgehead atoms. The average molecular weight is 274 g/mol. The number of furan rings is 1. The smallest absolute Gasteiger partial charge is 0.289 e. The maximum Gasteiger partial charge on any atom is 0.289 e. The topological polar surface area (TPSA) is 68.7 Å². The molecule has 1 atom stereocenters. The maximum absolute atomic E-state index is 12.5. The predicted molar refractivity (Wildman–Crippen MR) is 75.6 cm³/mol. The van der Waals surface area contributed by atoms with E-state index >= 15 is 0 Å². The molecule has 2 N–H and O–H groups in total. The van der Waals surface area contributed by atoms with Crippen LogP contribution in [0, 0.1) is 6.92 Å². The van der Waals surface area contributed by atoms with Gasteiger partial charge in [0.05, 0.1) is 12.7 Å². The first kappa shape index (κ1) is 13.1. The third-order valence-corrected chi connectivity index (χ3v) is 3.57. The standard InChI is InChI=1S/C15H18N2O3/c1-10-2-3-13-11(6-10)7-14(20-13)15(18)17-4-5-19-12(8-16)9-17/h2-3,6-7,12H,4-5,8-9,16H2,1H3. The van der Waals surface area contributed by atoms with Crippen molar-refractivity contribution in [3.63, 3.8) is 0 Å². The first-order chi connectivity index (χ1) is 9.67. The molecule has 0 aliphatic carbocycles. The van der Waals surface area contributed by atoms with E-state index in [4.69, 9.17) is 14.9 Å². The van der Waals surface area contributed by atoms with Crippen molar-refractivity contribution in [2.75, 3.05) is 26.2 Å². The highest BCUT2D eigenvalue weighted by molar-refractivity contribution is 5.96. The molecule has 1 amide bonds. The van der Waals surface area contributed by atoms with Crippen molar-refractivity contribution in [2.24, 2.45) is 5.73 Å². The van der Waals surface area contributed by atoms with Crippen molar-refractivity contribution in [2.45, 2.75) is 13.0 Å². The van der Waals surface area contributed by atoms with Gasteiger partial charge in [-0.2, -0.15) is 0 Å². The number of hydrogen-bond donors (Lipinski definition) is 1. The van der Waals surface area contributed by atoms with E-state index in [1.165, 1.54) is 0 Å². The van der Waals surface area contributed by atoms with Crippen LogP contribution < -0.4 is 5.73 Å². The van der Waals surface area contributed by atoms with E-state index in [-0.39, 0.29) is 12.0 Å². The van der Waals surface area contributed by atoms with Crippen LogP contribution >= 0.6 is 0 Å². The molecule has 1 fully saturated rings. The summed E-state index contributed by atoms with van der Waals surface area (Å²) < 4.78 is 11.1. The van der Waals surface area contributed by atoms with Gasteiger partial charge < -0.3 is 19.8 Å². The molecule has 1 aliphatic heterocycles. The molecule has 1 aliphatic rings. The lowest BCUT2D eigenvalue weighted by atomic mass is 10.2. The van der Waals surface area contributed by atoms with E-state index in [9.17, 15) is 4.79 Å². The summed E-state index contributed by atoms with van der Waals surface area (Å²) in [6, 6.07) is 7.68. The van der Waals surface area contributed by atoms with Crippen molar-refractivity contribution in [3.05, 3.63) is 35.6 Å². The Morgan fingerprint density at radius 3 is 3.10 bits per heavy atom. The molecular formula is C15H18N2O3. The summed E-state index contributed by atoms with van der Waals surface area (Å²) in [5.74, 6) is 0.281. The lowest BCUT2D eigenvalue weighted by Crippen LogP contribution is -2.48. The first-order valence-corrected chi connectivity index (χ1v) is 6.78. The third-order valence-electron chi connectivity index (χ3n) is 3.57. The van der Waals surface area contributed by atoms with E-state index in [2.05, 4.69) is 0 Å². The summed E-state index contributed by atoms with van der Waals surface area (Å²) in [5.41, 5.74) is 7.48. The Morgan fingerprint density at radius 2 is 2.30 bits per heavy atom. The number of carbonyl (C=O) groups excluding carboxylic acids is 1. The minimum atomic E-state index is -0.0967. The second-order valence-corrected chi connectivity index (χ2v) is 5.13. The molecule has 1 aromatic heterocycles. The van der Waals surface area contributed by atoms with Gasteiger partial charge in [0, 0.05) is 25.0 Å². The van der Waals surface area contributed by atoms with Crippen molar-refractivity contribution < 1.29 is 13.9 Å². The Bertz CT molecular complexity index is 635. The van der Waals surface area contributed by atoms with Crippen LogP contribution in [0.2, 0.25) is 0 Å². The zero-order valence-electron chi connectivity index (χ0n) is 11.5. The molecule has 0 saturated carbocycles. The van der Waals surface area contributed by atoms with Gasteiger partial charge in [-0.15, -0.1) is 0 Å². The summed E-state index contributed by atoms with van der Waals surface area (Å²) in [6.07, 6.45) is -0.0840. The fourth-order valence-corrected chi connectivity index (χ4v) is 2.47. The number of fused-ring (bicyclic) bond motifs is 1. The molecule has 20 heavy (non-hydrogen) atoms. The van der Waals surface area contributed by atoms with Crippen molar-refractivity contribution >= 4 is 16.9 Å². The lowest BCUT2D eigenvalue weighted by molar-refractivity contribution is -0.0176. The number of rotatable bonds is 2. The van der Waals surface area contributed by atoms with Crippen molar-refractivity contribution in [1.29, 1.82) is 0 Å². The van der Waals surface area contributed by atoms with Gasteiger partial charge in [-0.05, 0) is 25.1 Å². The van der Waals surface area contributed by atoms with Gasteiger partial charge in [-0.1, -0.05) is 11.6 Å². The Balaban J connectivity index is 1.84. The van der Waals surface area contributed by atoms with Gasteiger partial charge in [0.1, 0.15) is 5.58 Å². The van der Waals surface area contributed by atoms with E-state index in [1.54, 1.807) is 11.0 Å². The number of nitrogens with zero attached hydrogens (tertiary/aromatic N) is 1. The second kappa shape index (κ2) is 5.26. The highest BCUT2D eigenvalue weighted by Gasteiger charge is 2.26. The minimum absolute atomic E-state index is 0.0840. The zero-order valence-corrected chi connectivity index (χ0v) is 11.5. The summed E-state index contributed by atoms with van der Waals surface area (Å²) in [5, 5.41) is 0.956. The average Bonchev–Trinajstić information content (AvgIpc) is 2.89. The Morgan fingerprint density at radius 1 is 1.45 bits per heavy atom. The van der Waals surface area contributed by atoms with Crippen LogP contribution in [0.25, 0.3) is 11.0 Å². The number of amides is 1. The van der Waals surface area contributed by atoms with Crippen molar-refractivity contribution in [1.82, 2.24) is 4.90 Å². The Kier molecular flexibility index (Phi) is 3.46. The molecule has 1 aromatic carbocycles. The number of aryl methyl sites for hydroxylation is 1. The van der Waals surface area contributed by atoms with E-state index in [1.807, 2.05) is 25.1 Å². The Hall–Kier alpha value is -1.85. The van der Waals surface area contributed by atoms with E-state index in [0.717, 1.165) is 16.5 Å². The number of carbonyl (C=O) groups is 1. The third kappa shape index (κ3) is 2.42. The van der Waals surface area contributed by atoms with E-state index in [0.29, 0.717) is 32.0 Å². The number of morpholine rings is 1. The summed E-state index contributed by atoms with van der Waals surface area (Å²) in [7, 11) is 0. The quantitative estimate of drug-likeness (QED) is 0.902. The predicted octanol–water partition coefficient (Wildman–Crippen LogP) is 1.54. The summed E-state index contributed by atoms with van der Waals surface area (Å²) in [6.45, 7) is 4.05. The van der Waals surface area contributed by atoms with Crippen LogP contribution in [0.3, 0.4) is 0 Å². The van der Waals surface area contributed by atoms with Crippen LogP contribution in [-0.2, 0) is 4.74 Å². The molecule has 1 saturated heterocycles. The molecule has 3 rings (SSSR count). The van der Waals surface area contributed by atoms with Crippen LogP contribution in [0.1, 0.15) is 16.1 Å². The number of benzene rings is 1. The van der Waals surface area contributed by atoms with Gasteiger partial charge in [0.2, 0.25) is 0 Å². The minimum Gasteiger partial charge on any atom is -0.451 e. The SMILES string of the molecule is Cc1ccc2oc(C(=O)N3CCOC(CN)C3)cc2c1. The highest BCUT2D eigenvalue weighted by Crippen LogP contribution is 2.22. The molecular weight excluding hydrogens is 256 g/mol. The van der Waals surface area contributed by atoms with Crippen LogP contribution in [0.5, 0.6) is 0 Å². The van der Waals surface area contributed by atoms with Gasteiger partial charge in [0.25, 0.3) is 5.91 Å². The van der Waals surface area contributed by atoms with Crippen LogP contribution in [0.4, 0.5) is 0 Å². The molecule has 106 valence electrons. The fourth-order valence-electron chi connectivity index (χ4n) is 2.47. The molecule has 5 nitrogen and oxygen atoms in total. The van der Waals surface area contributed by atoms with Crippen molar-refractivity contribution in [3.8, 4) is 0 Å². The molecule has 1 unspecified atom stereocenters. The van der Waals surface area contributed by atoms with Gasteiger partial charge in [-0.25, -0.2) is 0 Å². The molecule has 0 radical (unpaired) electrons. The van der Waals surface area contributed by atoms with Gasteiger partial charge in [-0.3, -0.25) is 4.79 Å². The fraction of sp³-hybridized carbons (Fsp3) is 0.400.